The molecule has 0 bridgehead atoms. The summed E-state index contributed by atoms with van der Waals surface area (Å²) >= 11 is 6.16. The maximum atomic E-state index is 9.99. The van der Waals surface area contributed by atoms with Crippen molar-refractivity contribution in [3.8, 4) is 0 Å². The van der Waals surface area contributed by atoms with Crippen molar-refractivity contribution in [2.45, 2.75) is 38.0 Å². The average molecular weight is 314 g/mol. The van der Waals surface area contributed by atoms with Crippen molar-refractivity contribution in [1.29, 1.82) is 0 Å². The van der Waals surface area contributed by atoms with E-state index in [-0.39, 0.29) is 12.1 Å². The molecule has 0 radical (unpaired) electrons. The van der Waals surface area contributed by atoms with Crippen LogP contribution < -0.4 is 5.32 Å². The Bertz CT molecular complexity index is 424. The molecule has 2 N–H and O–H groups in total. The third-order valence-electron chi connectivity index (χ3n) is 3.72. The lowest BCUT2D eigenvalue weighted by atomic mass is 10.1. The van der Waals surface area contributed by atoms with Gasteiger partial charge in [0.2, 0.25) is 0 Å². The summed E-state index contributed by atoms with van der Waals surface area (Å²) < 4.78 is 11.0. The van der Waals surface area contributed by atoms with Crippen LogP contribution in [0.25, 0.3) is 0 Å². The summed E-state index contributed by atoms with van der Waals surface area (Å²) in [7, 11) is 0. The van der Waals surface area contributed by atoms with E-state index in [1.54, 1.807) is 0 Å². The van der Waals surface area contributed by atoms with Gasteiger partial charge in [-0.15, -0.1) is 0 Å². The Morgan fingerprint density at radius 3 is 2.81 bits per heavy atom. The molecule has 0 spiro atoms. The largest absolute Gasteiger partial charge is 0.389 e. The summed E-state index contributed by atoms with van der Waals surface area (Å²) in [5, 5.41) is 14.0. The zero-order valence-electron chi connectivity index (χ0n) is 12.4. The van der Waals surface area contributed by atoms with Crippen molar-refractivity contribution in [2.75, 3.05) is 26.4 Å². The van der Waals surface area contributed by atoms with E-state index in [1.807, 2.05) is 31.2 Å². The van der Waals surface area contributed by atoms with Crippen LogP contribution in [-0.2, 0) is 9.47 Å². The Kier molecular flexibility index (Phi) is 6.93. The van der Waals surface area contributed by atoms with Crippen LogP contribution in [0, 0.1) is 0 Å². The van der Waals surface area contributed by atoms with E-state index in [1.165, 1.54) is 0 Å². The minimum absolute atomic E-state index is 0.0939. The highest BCUT2D eigenvalue weighted by Gasteiger charge is 2.16. The van der Waals surface area contributed by atoms with Gasteiger partial charge in [0, 0.05) is 30.8 Å². The molecular formula is C16H24ClNO3. The van der Waals surface area contributed by atoms with Gasteiger partial charge in [-0.05, 0) is 31.4 Å². The molecule has 1 saturated heterocycles. The second-order valence-electron chi connectivity index (χ2n) is 5.45. The van der Waals surface area contributed by atoms with Crippen molar-refractivity contribution in [2.24, 2.45) is 0 Å². The van der Waals surface area contributed by atoms with Crippen LogP contribution in [0.1, 0.15) is 31.4 Å². The van der Waals surface area contributed by atoms with Gasteiger partial charge in [-0.3, -0.25) is 0 Å². The molecule has 1 aliphatic rings. The van der Waals surface area contributed by atoms with Crippen LogP contribution in [0.3, 0.4) is 0 Å². The number of hydrogen-bond acceptors (Lipinski definition) is 4. The van der Waals surface area contributed by atoms with Gasteiger partial charge in [0.05, 0.1) is 18.8 Å². The number of rotatable bonds is 7. The fourth-order valence-electron chi connectivity index (χ4n) is 2.40. The summed E-state index contributed by atoms with van der Waals surface area (Å²) in [6, 6.07) is 7.83. The first-order chi connectivity index (χ1) is 10.2. The molecule has 0 saturated carbocycles. The van der Waals surface area contributed by atoms with Gasteiger partial charge in [-0.1, -0.05) is 29.8 Å². The minimum Gasteiger partial charge on any atom is -0.389 e. The number of nitrogens with one attached hydrogen (secondary N) is 1. The van der Waals surface area contributed by atoms with Crippen molar-refractivity contribution in [3.05, 3.63) is 34.9 Å². The second kappa shape index (κ2) is 8.71. The lowest BCUT2D eigenvalue weighted by molar-refractivity contribution is -0.0588. The maximum absolute atomic E-state index is 9.99. The van der Waals surface area contributed by atoms with Gasteiger partial charge in [-0.2, -0.15) is 0 Å². The molecule has 1 aromatic carbocycles. The molecule has 5 heteroatoms. The fourth-order valence-corrected chi connectivity index (χ4v) is 2.70. The Balaban J connectivity index is 1.68. The lowest BCUT2D eigenvalue weighted by Gasteiger charge is -2.24. The molecule has 0 amide bonds. The van der Waals surface area contributed by atoms with Crippen molar-refractivity contribution < 1.29 is 14.6 Å². The average Bonchev–Trinajstić information content (AvgIpc) is 2.52. The molecule has 2 unspecified atom stereocenters. The Labute approximate surface area is 131 Å². The van der Waals surface area contributed by atoms with E-state index in [0.717, 1.165) is 36.6 Å². The topological polar surface area (TPSA) is 50.7 Å². The normalized spacial score (nSPS) is 19.4. The molecule has 21 heavy (non-hydrogen) atoms. The Hall–Kier alpha value is -0.650. The summed E-state index contributed by atoms with van der Waals surface area (Å²) in [5.41, 5.74) is 1.04. The first-order valence-electron chi connectivity index (χ1n) is 7.52. The van der Waals surface area contributed by atoms with Crippen molar-refractivity contribution >= 4 is 11.6 Å². The van der Waals surface area contributed by atoms with E-state index in [4.69, 9.17) is 21.1 Å². The zero-order valence-corrected chi connectivity index (χ0v) is 13.2. The highest BCUT2D eigenvalue weighted by atomic mass is 35.5. The van der Waals surface area contributed by atoms with Crippen LogP contribution >= 0.6 is 11.6 Å². The van der Waals surface area contributed by atoms with Crippen molar-refractivity contribution in [3.63, 3.8) is 0 Å². The third-order valence-corrected chi connectivity index (χ3v) is 4.07. The number of hydrogen-bond donors (Lipinski definition) is 2. The minimum atomic E-state index is -0.516. The standard InChI is InChI=1S/C16H24ClNO3/c1-12(15-4-2-3-5-16(15)17)18-10-13(19)11-21-14-6-8-20-9-7-14/h2-5,12-14,18-19H,6-11H2,1H3. The molecule has 118 valence electrons. The van der Waals surface area contributed by atoms with Crippen molar-refractivity contribution in [1.82, 2.24) is 5.32 Å². The highest BCUT2D eigenvalue weighted by Crippen LogP contribution is 2.22. The van der Waals surface area contributed by atoms with Crippen LogP contribution in [0.15, 0.2) is 24.3 Å². The quantitative estimate of drug-likeness (QED) is 0.812. The highest BCUT2D eigenvalue weighted by molar-refractivity contribution is 6.31. The Morgan fingerprint density at radius 2 is 2.10 bits per heavy atom. The molecule has 1 fully saturated rings. The molecule has 1 aromatic rings. The number of ether oxygens (including phenoxy) is 2. The number of aliphatic hydroxyl groups excluding tert-OH is 1. The summed E-state index contributed by atoms with van der Waals surface area (Å²) in [5.74, 6) is 0. The second-order valence-corrected chi connectivity index (χ2v) is 5.86. The molecular weight excluding hydrogens is 290 g/mol. The molecule has 0 aliphatic carbocycles. The van der Waals surface area contributed by atoms with Gasteiger partial charge in [-0.25, -0.2) is 0 Å². The molecule has 1 aliphatic heterocycles. The first-order valence-corrected chi connectivity index (χ1v) is 7.90. The first kappa shape index (κ1) is 16.7. The monoisotopic (exact) mass is 313 g/mol. The van der Waals surface area contributed by atoms with E-state index >= 15 is 0 Å². The van der Waals surface area contributed by atoms with E-state index in [9.17, 15) is 5.11 Å². The summed E-state index contributed by atoms with van der Waals surface area (Å²) in [6.45, 7) is 4.38. The van der Waals surface area contributed by atoms with Gasteiger partial charge in [0.15, 0.2) is 0 Å². The number of benzene rings is 1. The molecule has 4 nitrogen and oxygen atoms in total. The van der Waals surface area contributed by atoms with E-state index in [2.05, 4.69) is 5.32 Å². The molecule has 1 heterocycles. The Morgan fingerprint density at radius 1 is 1.38 bits per heavy atom. The number of aliphatic hydroxyl groups is 1. The summed E-state index contributed by atoms with van der Waals surface area (Å²) in [6.07, 6.45) is 1.53. The van der Waals surface area contributed by atoms with Gasteiger partial charge >= 0.3 is 0 Å². The van der Waals surface area contributed by atoms with E-state index in [0.29, 0.717) is 13.2 Å². The number of halogens is 1. The zero-order chi connectivity index (χ0) is 15.1. The van der Waals surface area contributed by atoms with Crippen LogP contribution in [0.2, 0.25) is 5.02 Å². The molecule has 0 aromatic heterocycles. The molecule has 2 atom stereocenters. The maximum Gasteiger partial charge on any atom is 0.0898 e. The van der Waals surface area contributed by atoms with Gasteiger partial charge in [0.25, 0.3) is 0 Å². The SMILES string of the molecule is CC(NCC(O)COC1CCOCC1)c1ccccc1Cl. The summed E-state index contributed by atoms with van der Waals surface area (Å²) in [4.78, 5) is 0. The van der Waals surface area contributed by atoms with Crippen LogP contribution in [0.4, 0.5) is 0 Å². The molecule has 2 rings (SSSR count). The van der Waals surface area contributed by atoms with Crippen LogP contribution in [-0.4, -0.2) is 43.7 Å². The van der Waals surface area contributed by atoms with Gasteiger partial charge < -0.3 is 19.9 Å². The fraction of sp³-hybridized carbons (Fsp3) is 0.625. The van der Waals surface area contributed by atoms with Crippen LogP contribution in [0.5, 0.6) is 0 Å². The van der Waals surface area contributed by atoms with E-state index < -0.39 is 6.10 Å². The third kappa shape index (κ3) is 5.57. The van der Waals surface area contributed by atoms with Gasteiger partial charge in [0.1, 0.15) is 0 Å². The predicted octanol–water partition coefficient (Wildman–Crippen LogP) is 2.55. The predicted molar refractivity (Wildman–Crippen MR) is 83.7 cm³/mol. The lowest BCUT2D eigenvalue weighted by Crippen LogP contribution is -2.34. The smallest absolute Gasteiger partial charge is 0.0898 e.